The van der Waals surface area contributed by atoms with Gasteiger partial charge in [0.15, 0.2) is 0 Å². The summed E-state index contributed by atoms with van der Waals surface area (Å²) in [6, 6.07) is -0.0306. The first-order valence-electron chi connectivity index (χ1n) is 9.81. The van der Waals surface area contributed by atoms with Gasteiger partial charge in [-0.1, -0.05) is 6.92 Å². The molecule has 3 rings (SSSR count). The molecule has 3 saturated heterocycles. The number of amides is 2. The van der Waals surface area contributed by atoms with Gasteiger partial charge >= 0.3 is 0 Å². The quantitative estimate of drug-likeness (QED) is 0.677. The SMILES string of the molecule is CCN1CCOC(C(=O)N2CCCC(CNC(=O)C3CCCN3)C2)C1.Cl.Cl. The average molecular weight is 425 g/mol. The van der Waals surface area contributed by atoms with Crippen LogP contribution in [0, 0.1) is 5.92 Å². The number of hydrogen-bond acceptors (Lipinski definition) is 5. The molecule has 0 aliphatic carbocycles. The molecule has 27 heavy (non-hydrogen) atoms. The molecule has 158 valence electrons. The number of carbonyl (C=O) groups excluding carboxylic acids is 2. The van der Waals surface area contributed by atoms with E-state index in [1.165, 1.54) is 0 Å². The number of ether oxygens (including phenoxy) is 1. The fourth-order valence-electron chi connectivity index (χ4n) is 4.05. The number of carbonyl (C=O) groups is 2. The van der Waals surface area contributed by atoms with Gasteiger partial charge < -0.3 is 20.3 Å². The number of hydrogen-bond donors (Lipinski definition) is 2. The zero-order valence-corrected chi connectivity index (χ0v) is 17.8. The maximum atomic E-state index is 12.8. The minimum absolute atomic E-state index is 0. The maximum absolute atomic E-state index is 12.8. The second-order valence-corrected chi connectivity index (χ2v) is 7.44. The number of morpholine rings is 1. The van der Waals surface area contributed by atoms with Crippen molar-refractivity contribution in [3.05, 3.63) is 0 Å². The lowest BCUT2D eigenvalue weighted by Gasteiger charge is -2.38. The van der Waals surface area contributed by atoms with Crippen LogP contribution in [0.1, 0.15) is 32.6 Å². The molecule has 2 amide bonds. The highest BCUT2D eigenvalue weighted by Crippen LogP contribution is 2.18. The van der Waals surface area contributed by atoms with Gasteiger partial charge in [-0.15, -0.1) is 24.8 Å². The van der Waals surface area contributed by atoms with Crippen molar-refractivity contribution < 1.29 is 14.3 Å². The molecule has 3 fully saturated rings. The third-order valence-electron chi connectivity index (χ3n) is 5.65. The molecule has 2 N–H and O–H groups in total. The van der Waals surface area contributed by atoms with E-state index in [2.05, 4.69) is 22.5 Å². The summed E-state index contributed by atoms with van der Waals surface area (Å²) in [5.41, 5.74) is 0. The van der Waals surface area contributed by atoms with Crippen LogP contribution in [0.3, 0.4) is 0 Å². The zero-order chi connectivity index (χ0) is 17.6. The van der Waals surface area contributed by atoms with Gasteiger partial charge in [0.2, 0.25) is 5.91 Å². The van der Waals surface area contributed by atoms with Crippen LogP contribution in [0.2, 0.25) is 0 Å². The van der Waals surface area contributed by atoms with Crippen molar-refractivity contribution >= 4 is 36.6 Å². The molecule has 3 unspecified atom stereocenters. The smallest absolute Gasteiger partial charge is 0.253 e. The standard InChI is InChI=1S/C18H32N4O3.2ClH/c1-2-21-9-10-25-16(13-21)18(24)22-8-4-5-14(12-22)11-20-17(23)15-6-3-7-19-15;;/h14-16,19H,2-13H2,1H3,(H,20,23);2*1H. The van der Waals surface area contributed by atoms with Crippen molar-refractivity contribution in [1.29, 1.82) is 0 Å². The zero-order valence-electron chi connectivity index (χ0n) is 16.2. The van der Waals surface area contributed by atoms with Crippen LogP contribution >= 0.6 is 24.8 Å². The van der Waals surface area contributed by atoms with Crippen LogP contribution in [0.15, 0.2) is 0 Å². The molecular weight excluding hydrogens is 391 g/mol. The van der Waals surface area contributed by atoms with E-state index in [0.717, 1.165) is 58.4 Å². The van der Waals surface area contributed by atoms with Crippen molar-refractivity contribution in [2.75, 3.05) is 52.4 Å². The molecule has 3 aliphatic rings. The summed E-state index contributed by atoms with van der Waals surface area (Å²) < 4.78 is 5.72. The molecule has 9 heteroatoms. The Labute approximate surface area is 174 Å². The third-order valence-corrected chi connectivity index (χ3v) is 5.65. The summed E-state index contributed by atoms with van der Waals surface area (Å²) >= 11 is 0. The van der Waals surface area contributed by atoms with Crippen LogP contribution in [0.25, 0.3) is 0 Å². The lowest BCUT2D eigenvalue weighted by Crippen LogP contribution is -2.53. The normalized spacial score (nSPS) is 28.8. The number of nitrogens with zero attached hydrogens (tertiary/aromatic N) is 2. The van der Waals surface area contributed by atoms with Gasteiger partial charge in [0.25, 0.3) is 5.91 Å². The first kappa shape index (κ1) is 24.4. The van der Waals surface area contributed by atoms with Crippen molar-refractivity contribution in [1.82, 2.24) is 20.4 Å². The highest BCUT2D eigenvalue weighted by molar-refractivity contribution is 5.85. The molecule has 0 aromatic heterocycles. The van der Waals surface area contributed by atoms with Crippen molar-refractivity contribution in [2.24, 2.45) is 5.92 Å². The Morgan fingerprint density at radius 1 is 1.15 bits per heavy atom. The first-order chi connectivity index (χ1) is 12.2. The molecule has 0 saturated carbocycles. The van der Waals surface area contributed by atoms with E-state index in [1.54, 1.807) is 0 Å². The summed E-state index contributed by atoms with van der Waals surface area (Å²) in [5, 5.41) is 6.30. The van der Waals surface area contributed by atoms with Crippen molar-refractivity contribution in [3.63, 3.8) is 0 Å². The number of likely N-dealkylation sites (tertiary alicyclic amines) is 1. The highest BCUT2D eigenvalue weighted by atomic mass is 35.5. The summed E-state index contributed by atoms with van der Waals surface area (Å²) in [7, 11) is 0. The van der Waals surface area contributed by atoms with Crippen LogP contribution in [0.5, 0.6) is 0 Å². The van der Waals surface area contributed by atoms with E-state index in [1.807, 2.05) is 4.90 Å². The molecule has 0 spiro atoms. The minimum atomic E-state index is -0.329. The Kier molecular flexibility index (Phi) is 10.9. The van der Waals surface area contributed by atoms with E-state index in [0.29, 0.717) is 25.6 Å². The molecule has 0 aromatic carbocycles. The molecule has 7 nitrogen and oxygen atoms in total. The summed E-state index contributed by atoms with van der Waals surface area (Å²) in [6.45, 7) is 8.43. The van der Waals surface area contributed by atoms with Crippen LogP contribution in [-0.2, 0) is 14.3 Å². The van der Waals surface area contributed by atoms with E-state index < -0.39 is 0 Å². The molecular formula is C18H34Cl2N4O3. The third kappa shape index (κ3) is 6.75. The molecule has 0 aromatic rings. The molecule has 0 bridgehead atoms. The van der Waals surface area contributed by atoms with E-state index in [-0.39, 0.29) is 48.8 Å². The molecule has 0 radical (unpaired) electrons. The van der Waals surface area contributed by atoms with E-state index in [9.17, 15) is 9.59 Å². The predicted octanol–water partition coefficient (Wildman–Crippen LogP) is 0.658. The van der Waals surface area contributed by atoms with Gasteiger partial charge in [0.1, 0.15) is 6.10 Å². The van der Waals surface area contributed by atoms with Crippen LogP contribution in [0.4, 0.5) is 0 Å². The average Bonchev–Trinajstić information content (AvgIpc) is 3.20. The van der Waals surface area contributed by atoms with Crippen LogP contribution < -0.4 is 10.6 Å². The number of piperidine rings is 1. The molecule has 3 atom stereocenters. The Hall–Kier alpha value is -0.600. The Morgan fingerprint density at radius 2 is 1.96 bits per heavy atom. The van der Waals surface area contributed by atoms with Gasteiger partial charge in [0.05, 0.1) is 12.6 Å². The second kappa shape index (κ2) is 12.1. The Balaban J connectivity index is 0.00000182. The minimum Gasteiger partial charge on any atom is -0.366 e. The molecule has 3 heterocycles. The first-order valence-corrected chi connectivity index (χ1v) is 9.81. The van der Waals surface area contributed by atoms with Gasteiger partial charge in [-0.2, -0.15) is 0 Å². The largest absolute Gasteiger partial charge is 0.366 e. The number of nitrogens with one attached hydrogen (secondary N) is 2. The fraction of sp³-hybridized carbons (Fsp3) is 0.889. The highest BCUT2D eigenvalue weighted by Gasteiger charge is 2.32. The fourth-order valence-corrected chi connectivity index (χ4v) is 4.05. The predicted molar refractivity (Wildman–Crippen MR) is 110 cm³/mol. The van der Waals surface area contributed by atoms with Gasteiger partial charge in [-0.25, -0.2) is 0 Å². The molecule has 3 aliphatic heterocycles. The summed E-state index contributed by atoms with van der Waals surface area (Å²) in [6.07, 6.45) is 3.73. The summed E-state index contributed by atoms with van der Waals surface area (Å²) in [5.74, 6) is 0.565. The van der Waals surface area contributed by atoms with E-state index >= 15 is 0 Å². The van der Waals surface area contributed by atoms with Gasteiger partial charge in [-0.05, 0) is 44.7 Å². The van der Waals surface area contributed by atoms with E-state index in [4.69, 9.17) is 4.74 Å². The second-order valence-electron chi connectivity index (χ2n) is 7.44. The lowest BCUT2D eigenvalue weighted by molar-refractivity contribution is -0.151. The van der Waals surface area contributed by atoms with Crippen LogP contribution in [-0.4, -0.2) is 86.2 Å². The van der Waals surface area contributed by atoms with Crippen molar-refractivity contribution in [2.45, 2.75) is 44.8 Å². The number of rotatable bonds is 5. The van der Waals surface area contributed by atoms with Gasteiger partial charge in [-0.3, -0.25) is 14.5 Å². The Bertz CT molecular complexity index is 478. The van der Waals surface area contributed by atoms with Gasteiger partial charge in [0, 0.05) is 32.7 Å². The number of likely N-dealkylation sites (N-methyl/N-ethyl adjacent to an activating group) is 1. The summed E-state index contributed by atoms with van der Waals surface area (Å²) in [4.78, 5) is 29.1. The lowest BCUT2D eigenvalue weighted by atomic mass is 9.97. The topological polar surface area (TPSA) is 73.9 Å². The monoisotopic (exact) mass is 424 g/mol. The number of halogens is 2. The maximum Gasteiger partial charge on any atom is 0.253 e. The Morgan fingerprint density at radius 3 is 2.67 bits per heavy atom. The van der Waals surface area contributed by atoms with Crippen molar-refractivity contribution in [3.8, 4) is 0 Å².